The van der Waals surface area contributed by atoms with Gasteiger partial charge in [-0.1, -0.05) is 54.1 Å². The van der Waals surface area contributed by atoms with Gasteiger partial charge in [0.25, 0.3) is 0 Å². The molecule has 1 N–H and O–H groups in total. The lowest BCUT2D eigenvalue weighted by molar-refractivity contribution is -0.110. The van der Waals surface area contributed by atoms with Crippen LogP contribution in [0.25, 0.3) is 6.08 Å². The number of hydrogen-bond acceptors (Lipinski definition) is 2. The van der Waals surface area contributed by atoms with Crippen LogP contribution in [-0.2, 0) is 4.79 Å². The monoisotopic (exact) mass is 263 g/mol. The molecule has 0 fully saturated rings. The molecule has 0 aliphatic heterocycles. The van der Waals surface area contributed by atoms with Crippen LogP contribution in [0.15, 0.2) is 72.9 Å². The summed E-state index contributed by atoms with van der Waals surface area (Å²) >= 11 is 0. The first-order chi connectivity index (χ1) is 9.74. The number of nitrogens with one attached hydrogen (secondary N) is 1. The fraction of sp³-hybridized carbons (Fsp3) is 0.0556. The van der Waals surface area contributed by atoms with Gasteiger partial charge in [0.1, 0.15) is 0 Å². The Hall–Kier alpha value is -2.61. The van der Waals surface area contributed by atoms with E-state index in [1.54, 1.807) is 18.4 Å². The minimum absolute atomic E-state index is 0.0477. The van der Waals surface area contributed by atoms with Gasteiger partial charge in [-0.05, 0) is 30.7 Å². The summed E-state index contributed by atoms with van der Waals surface area (Å²) in [6, 6.07) is 17.7. The molecule has 2 nitrogen and oxygen atoms in total. The average Bonchev–Trinajstić information content (AvgIpc) is 2.48. The fourth-order valence-corrected chi connectivity index (χ4v) is 1.67. The van der Waals surface area contributed by atoms with E-state index in [0.717, 1.165) is 11.3 Å². The first kappa shape index (κ1) is 13.8. The lowest BCUT2D eigenvalue weighted by Crippen LogP contribution is -1.91. The molecule has 0 heterocycles. The standard InChI is InChI=1S/C18H17NO/c1-15-7-10-17(11-8-15)19-14-13-18(20)12-9-16-5-3-2-4-6-16/h2-14,19H,1H3. The number of carbonyl (C=O) groups is 1. The lowest BCUT2D eigenvalue weighted by atomic mass is 10.2. The quantitative estimate of drug-likeness (QED) is 0.819. The van der Waals surface area contributed by atoms with Crippen LogP contribution in [0.2, 0.25) is 0 Å². The van der Waals surface area contributed by atoms with Gasteiger partial charge < -0.3 is 5.32 Å². The summed E-state index contributed by atoms with van der Waals surface area (Å²) in [7, 11) is 0. The van der Waals surface area contributed by atoms with Gasteiger partial charge in [-0.3, -0.25) is 4.79 Å². The number of aryl methyl sites for hydroxylation is 1. The Morgan fingerprint density at radius 1 is 0.950 bits per heavy atom. The Labute approximate surface area is 119 Å². The van der Waals surface area contributed by atoms with Crippen LogP contribution >= 0.6 is 0 Å². The molecule has 0 aliphatic rings. The van der Waals surface area contributed by atoms with Gasteiger partial charge in [-0.25, -0.2) is 0 Å². The Balaban J connectivity index is 1.86. The Kier molecular flexibility index (Phi) is 4.90. The Morgan fingerprint density at radius 2 is 1.65 bits per heavy atom. The molecule has 0 bridgehead atoms. The van der Waals surface area contributed by atoms with E-state index >= 15 is 0 Å². The van der Waals surface area contributed by atoms with Crippen molar-refractivity contribution in [1.82, 2.24) is 0 Å². The van der Waals surface area contributed by atoms with E-state index in [1.165, 1.54) is 11.6 Å². The van der Waals surface area contributed by atoms with Crippen LogP contribution in [0.3, 0.4) is 0 Å². The molecule has 100 valence electrons. The largest absolute Gasteiger partial charge is 0.362 e. The van der Waals surface area contributed by atoms with Gasteiger partial charge in [-0.15, -0.1) is 0 Å². The van der Waals surface area contributed by atoms with Gasteiger partial charge in [-0.2, -0.15) is 0 Å². The smallest absolute Gasteiger partial charge is 0.180 e. The highest BCUT2D eigenvalue weighted by atomic mass is 16.1. The zero-order chi connectivity index (χ0) is 14.2. The predicted molar refractivity (Wildman–Crippen MR) is 84.4 cm³/mol. The highest BCUT2D eigenvalue weighted by molar-refractivity contribution is 6.02. The molecule has 0 amide bonds. The number of rotatable bonds is 5. The number of carbonyl (C=O) groups excluding carboxylic acids is 1. The van der Waals surface area contributed by atoms with Crippen molar-refractivity contribution in [3.05, 3.63) is 84.1 Å². The Bertz CT molecular complexity index is 610. The van der Waals surface area contributed by atoms with Crippen LogP contribution in [0, 0.1) is 6.92 Å². The third-order valence-corrected chi connectivity index (χ3v) is 2.79. The van der Waals surface area contributed by atoms with Crippen molar-refractivity contribution < 1.29 is 4.79 Å². The molecule has 0 radical (unpaired) electrons. The maximum absolute atomic E-state index is 11.6. The molecule has 0 spiro atoms. The second-order valence-corrected chi connectivity index (χ2v) is 4.49. The summed E-state index contributed by atoms with van der Waals surface area (Å²) in [5.74, 6) is -0.0477. The molecule has 0 unspecified atom stereocenters. The maximum Gasteiger partial charge on any atom is 0.180 e. The molecular weight excluding hydrogens is 246 g/mol. The molecular formula is C18H17NO. The van der Waals surface area contributed by atoms with Crippen molar-refractivity contribution in [2.45, 2.75) is 6.92 Å². The van der Waals surface area contributed by atoms with Crippen molar-refractivity contribution in [2.24, 2.45) is 0 Å². The maximum atomic E-state index is 11.6. The molecule has 2 heteroatoms. The third kappa shape index (κ3) is 4.58. The first-order valence-electron chi connectivity index (χ1n) is 6.51. The van der Waals surface area contributed by atoms with E-state index in [2.05, 4.69) is 5.32 Å². The van der Waals surface area contributed by atoms with Gasteiger partial charge in [0.05, 0.1) is 0 Å². The summed E-state index contributed by atoms with van der Waals surface area (Å²) in [6.07, 6.45) is 6.53. The highest BCUT2D eigenvalue weighted by Crippen LogP contribution is 2.08. The van der Waals surface area contributed by atoms with Crippen LogP contribution in [-0.4, -0.2) is 5.78 Å². The summed E-state index contributed by atoms with van der Waals surface area (Å²) < 4.78 is 0. The van der Waals surface area contributed by atoms with Crippen LogP contribution in [0.1, 0.15) is 11.1 Å². The normalized spacial score (nSPS) is 11.1. The highest BCUT2D eigenvalue weighted by Gasteiger charge is 1.91. The second kappa shape index (κ2) is 7.10. The molecule has 20 heavy (non-hydrogen) atoms. The van der Waals surface area contributed by atoms with Crippen molar-refractivity contribution in [3.8, 4) is 0 Å². The topological polar surface area (TPSA) is 29.1 Å². The number of ketones is 1. The van der Waals surface area contributed by atoms with E-state index in [0.29, 0.717) is 0 Å². The van der Waals surface area contributed by atoms with Crippen LogP contribution in [0.4, 0.5) is 5.69 Å². The SMILES string of the molecule is Cc1ccc(NC=CC(=O)C=Cc2ccccc2)cc1. The zero-order valence-electron chi connectivity index (χ0n) is 11.4. The van der Waals surface area contributed by atoms with Gasteiger partial charge in [0, 0.05) is 18.0 Å². The van der Waals surface area contributed by atoms with Crippen LogP contribution < -0.4 is 5.32 Å². The molecule has 2 rings (SSSR count). The molecule has 0 saturated heterocycles. The number of hydrogen-bond donors (Lipinski definition) is 1. The van der Waals surface area contributed by atoms with E-state index < -0.39 is 0 Å². The van der Waals surface area contributed by atoms with E-state index in [9.17, 15) is 4.79 Å². The minimum atomic E-state index is -0.0477. The number of allylic oxidation sites excluding steroid dienone is 2. The summed E-state index contributed by atoms with van der Waals surface area (Å²) in [5, 5.41) is 3.07. The predicted octanol–water partition coefficient (Wildman–Crippen LogP) is 4.20. The Morgan fingerprint density at radius 3 is 2.35 bits per heavy atom. The first-order valence-corrected chi connectivity index (χ1v) is 6.51. The van der Waals surface area contributed by atoms with Gasteiger partial charge in [0.2, 0.25) is 0 Å². The zero-order valence-corrected chi connectivity index (χ0v) is 11.4. The fourth-order valence-electron chi connectivity index (χ4n) is 1.67. The van der Waals surface area contributed by atoms with Crippen molar-refractivity contribution in [2.75, 3.05) is 5.32 Å². The lowest BCUT2D eigenvalue weighted by Gasteiger charge is -1.99. The summed E-state index contributed by atoms with van der Waals surface area (Å²) in [4.78, 5) is 11.6. The third-order valence-electron chi connectivity index (χ3n) is 2.79. The molecule has 0 atom stereocenters. The average molecular weight is 263 g/mol. The number of benzene rings is 2. The number of anilines is 1. The van der Waals surface area contributed by atoms with Crippen molar-refractivity contribution in [3.63, 3.8) is 0 Å². The molecule has 0 aliphatic carbocycles. The van der Waals surface area contributed by atoms with E-state index in [-0.39, 0.29) is 5.78 Å². The van der Waals surface area contributed by atoms with E-state index in [4.69, 9.17) is 0 Å². The molecule has 0 aromatic heterocycles. The van der Waals surface area contributed by atoms with E-state index in [1.807, 2.05) is 61.5 Å². The van der Waals surface area contributed by atoms with Crippen LogP contribution in [0.5, 0.6) is 0 Å². The van der Waals surface area contributed by atoms with Gasteiger partial charge in [0.15, 0.2) is 5.78 Å². The van der Waals surface area contributed by atoms with Gasteiger partial charge >= 0.3 is 0 Å². The second-order valence-electron chi connectivity index (χ2n) is 4.49. The minimum Gasteiger partial charge on any atom is -0.362 e. The van der Waals surface area contributed by atoms with Crippen molar-refractivity contribution in [1.29, 1.82) is 0 Å². The summed E-state index contributed by atoms with van der Waals surface area (Å²) in [6.45, 7) is 2.04. The molecule has 2 aromatic rings. The van der Waals surface area contributed by atoms with Crippen molar-refractivity contribution >= 4 is 17.5 Å². The molecule has 2 aromatic carbocycles. The summed E-state index contributed by atoms with van der Waals surface area (Å²) in [5.41, 5.74) is 3.19. The molecule has 0 saturated carbocycles.